The van der Waals surface area contributed by atoms with E-state index in [-0.39, 0.29) is 0 Å². The molecule has 0 saturated heterocycles. The maximum Gasteiger partial charge on any atom is 0.180 e. The van der Waals surface area contributed by atoms with Crippen LogP contribution in [0.4, 0.5) is 0 Å². The molecule has 18 heavy (non-hydrogen) atoms. The van der Waals surface area contributed by atoms with E-state index in [1.165, 1.54) is 23.4 Å². The van der Waals surface area contributed by atoms with Gasteiger partial charge in [-0.1, -0.05) is 12.1 Å². The summed E-state index contributed by atoms with van der Waals surface area (Å²) in [7, 11) is 0. The van der Waals surface area contributed by atoms with Crippen LogP contribution in [0.2, 0.25) is 0 Å². The van der Waals surface area contributed by atoms with Crippen LogP contribution in [0.25, 0.3) is 21.8 Å². The van der Waals surface area contributed by atoms with Gasteiger partial charge in [-0.15, -0.1) is 0 Å². The van der Waals surface area contributed by atoms with Crippen molar-refractivity contribution in [1.29, 1.82) is 0 Å². The number of nitrogens with zero attached hydrogens (tertiary/aromatic N) is 2. The van der Waals surface area contributed by atoms with Gasteiger partial charge in [-0.05, 0) is 18.2 Å². The fourth-order valence-corrected chi connectivity index (χ4v) is 1.85. The maximum absolute atomic E-state index is 4.47. The largest absolute Gasteiger partial charge is 0.452 e. The zero-order chi connectivity index (χ0) is 12.2. The first-order valence-corrected chi connectivity index (χ1v) is 5.58. The Morgan fingerprint density at radius 3 is 2.83 bits per heavy atom. The standard InChI is InChI=1S/C11H8N2.C3H3NO/c1-2-8-3-4-10-9(5-7-12-10)11(8)13-6-1;1-2-5-3-4-1/h1-7,12H;1-3H. The van der Waals surface area contributed by atoms with Crippen LogP contribution < -0.4 is 0 Å². The topological polar surface area (TPSA) is 54.7 Å². The van der Waals surface area contributed by atoms with Gasteiger partial charge in [-0.3, -0.25) is 4.98 Å². The quantitative estimate of drug-likeness (QED) is 0.510. The zero-order valence-electron chi connectivity index (χ0n) is 9.58. The minimum Gasteiger partial charge on any atom is -0.452 e. The molecule has 4 rings (SSSR count). The van der Waals surface area contributed by atoms with Crippen LogP contribution in [0.1, 0.15) is 0 Å². The van der Waals surface area contributed by atoms with Crippen LogP contribution in [0.15, 0.2) is 66.0 Å². The summed E-state index contributed by atoms with van der Waals surface area (Å²) in [6.07, 6.45) is 8.24. The van der Waals surface area contributed by atoms with Crippen molar-refractivity contribution in [3.63, 3.8) is 0 Å². The van der Waals surface area contributed by atoms with Gasteiger partial charge in [0.1, 0.15) is 6.26 Å². The molecule has 0 spiro atoms. The van der Waals surface area contributed by atoms with Crippen LogP contribution in [0.3, 0.4) is 0 Å². The first-order valence-electron chi connectivity index (χ1n) is 5.58. The smallest absolute Gasteiger partial charge is 0.180 e. The third-order valence-corrected chi connectivity index (χ3v) is 2.65. The number of aromatic nitrogens is 3. The number of fused-ring (bicyclic) bond motifs is 3. The highest BCUT2D eigenvalue weighted by Crippen LogP contribution is 2.21. The molecular weight excluding hydrogens is 226 g/mol. The van der Waals surface area contributed by atoms with Crippen molar-refractivity contribution in [3.8, 4) is 0 Å². The Balaban J connectivity index is 0.000000169. The highest BCUT2D eigenvalue weighted by atomic mass is 16.3. The van der Waals surface area contributed by atoms with Crippen molar-refractivity contribution in [3.05, 3.63) is 61.6 Å². The molecule has 0 amide bonds. The summed E-state index contributed by atoms with van der Waals surface area (Å²) < 4.78 is 4.47. The summed E-state index contributed by atoms with van der Waals surface area (Å²) >= 11 is 0. The van der Waals surface area contributed by atoms with E-state index in [0.29, 0.717) is 0 Å². The van der Waals surface area contributed by atoms with E-state index in [2.05, 4.69) is 43.6 Å². The number of oxazole rings is 1. The molecule has 4 aromatic rings. The number of H-pyrrole nitrogens is 1. The fraction of sp³-hybridized carbons (Fsp3) is 0. The Kier molecular flexibility index (Phi) is 2.75. The Labute approximate surface area is 103 Å². The molecule has 0 bridgehead atoms. The minimum absolute atomic E-state index is 1.07. The van der Waals surface area contributed by atoms with Crippen molar-refractivity contribution in [1.82, 2.24) is 15.0 Å². The molecule has 4 nitrogen and oxygen atoms in total. The van der Waals surface area contributed by atoms with Crippen molar-refractivity contribution in [2.24, 2.45) is 0 Å². The molecule has 0 atom stereocenters. The predicted molar refractivity (Wildman–Crippen MR) is 70.1 cm³/mol. The van der Waals surface area contributed by atoms with E-state index in [4.69, 9.17) is 0 Å². The van der Waals surface area contributed by atoms with E-state index in [1.807, 2.05) is 18.5 Å². The van der Waals surface area contributed by atoms with Gasteiger partial charge in [0.25, 0.3) is 0 Å². The van der Waals surface area contributed by atoms with Crippen LogP contribution in [-0.4, -0.2) is 15.0 Å². The van der Waals surface area contributed by atoms with E-state index in [1.54, 1.807) is 6.20 Å². The molecule has 0 saturated carbocycles. The van der Waals surface area contributed by atoms with Crippen LogP contribution >= 0.6 is 0 Å². The molecule has 0 radical (unpaired) electrons. The third-order valence-electron chi connectivity index (χ3n) is 2.65. The minimum atomic E-state index is 1.07. The molecular formula is C14H11N3O. The summed E-state index contributed by atoms with van der Waals surface area (Å²) in [5.41, 5.74) is 2.22. The fourth-order valence-electron chi connectivity index (χ4n) is 1.85. The Morgan fingerprint density at radius 2 is 2.06 bits per heavy atom. The lowest BCUT2D eigenvalue weighted by atomic mass is 10.1. The molecule has 88 valence electrons. The summed E-state index contributed by atoms with van der Waals surface area (Å²) in [5, 5.41) is 2.38. The lowest BCUT2D eigenvalue weighted by Crippen LogP contribution is -1.77. The summed E-state index contributed by atoms with van der Waals surface area (Å²) in [6.45, 7) is 0. The van der Waals surface area contributed by atoms with Crippen molar-refractivity contribution in [2.45, 2.75) is 0 Å². The highest BCUT2D eigenvalue weighted by Gasteiger charge is 1.99. The molecule has 3 heterocycles. The highest BCUT2D eigenvalue weighted by molar-refractivity contribution is 6.03. The molecule has 1 aromatic carbocycles. The number of pyridine rings is 1. The number of rotatable bonds is 0. The number of benzene rings is 1. The van der Waals surface area contributed by atoms with E-state index < -0.39 is 0 Å². The van der Waals surface area contributed by atoms with Gasteiger partial charge in [0, 0.05) is 28.7 Å². The molecule has 0 aliphatic carbocycles. The SMILES string of the molecule is c1cnc2c(c1)ccc1[nH]ccc12.c1cocn1. The molecule has 0 fully saturated rings. The summed E-state index contributed by atoms with van der Waals surface area (Å²) in [5.74, 6) is 0. The zero-order valence-corrected chi connectivity index (χ0v) is 9.58. The number of hydrogen-bond acceptors (Lipinski definition) is 3. The van der Waals surface area contributed by atoms with Crippen molar-refractivity contribution >= 4 is 21.8 Å². The van der Waals surface area contributed by atoms with Crippen LogP contribution in [0, 0.1) is 0 Å². The molecule has 1 N–H and O–H groups in total. The maximum atomic E-state index is 4.47. The average Bonchev–Trinajstić information content (AvgIpc) is 3.12. The van der Waals surface area contributed by atoms with Crippen molar-refractivity contribution in [2.75, 3.05) is 0 Å². The number of hydrogen-bond donors (Lipinski definition) is 1. The first kappa shape index (κ1) is 10.5. The number of nitrogens with one attached hydrogen (secondary N) is 1. The van der Waals surface area contributed by atoms with Gasteiger partial charge in [-0.2, -0.15) is 0 Å². The van der Waals surface area contributed by atoms with Gasteiger partial charge < -0.3 is 9.40 Å². The Bertz CT molecular complexity index is 727. The monoisotopic (exact) mass is 237 g/mol. The second kappa shape index (κ2) is 4.71. The van der Waals surface area contributed by atoms with E-state index in [0.717, 1.165) is 11.0 Å². The second-order valence-electron chi connectivity index (χ2n) is 3.76. The third kappa shape index (κ3) is 1.96. The molecule has 0 aliphatic rings. The van der Waals surface area contributed by atoms with Gasteiger partial charge in [0.2, 0.25) is 0 Å². The lowest BCUT2D eigenvalue weighted by Gasteiger charge is -1.96. The van der Waals surface area contributed by atoms with Crippen molar-refractivity contribution < 1.29 is 4.42 Å². The second-order valence-corrected chi connectivity index (χ2v) is 3.76. The van der Waals surface area contributed by atoms with Gasteiger partial charge in [0.15, 0.2) is 6.39 Å². The summed E-state index contributed by atoms with van der Waals surface area (Å²) in [6, 6.07) is 10.3. The van der Waals surface area contributed by atoms with Crippen LogP contribution in [-0.2, 0) is 0 Å². The molecule has 4 heteroatoms. The molecule has 3 aromatic heterocycles. The van der Waals surface area contributed by atoms with Gasteiger partial charge in [0.05, 0.1) is 11.7 Å². The van der Waals surface area contributed by atoms with E-state index in [9.17, 15) is 0 Å². The Hall–Kier alpha value is -2.62. The Morgan fingerprint density at radius 1 is 1.06 bits per heavy atom. The van der Waals surface area contributed by atoms with Gasteiger partial charge in [-0.25, -0.2) is 4.98 Å². The lowest BCUT2D eigenvalue weighted by molar-refractivity contribution is 0.558. The van der Waals surface area contributed by atoms with Crippen LogP contribution in [0.5, 0.6) is 0 Å². The average molecular weight is 237 g/mol. The normalized spacial score (nSPS) is 10.2. The first-order chi connectivity index (χ1) is 8.95. The van der Waals surface area contributed by atoms with Gasteiger partial charge >= 0.3 is 0 Å². The molecule has 0 unspecified atom stereocenters. The number of aromatic amines is 1. The summed E-state index contributed by atoms with van der Waals surface area (Å²) in [4.78, 5) is 11.1. The molecule has 0 aliphatic heterocycles. The van der Waals surface area contributed by atoms with E-state index >= 15 is 0 Å². The predicted octanol–water partition coefficient (Wildman–Crippen LogP) is 3.39.